The van der Waals surface area contributed by atoms with Gasteiger partial charge in [0.2, 0.25) is 5.88 Å². The molecule has 2 heterocycles. The van der Waals surface area contributed by atoms with Crippen molar-refractivity contribution < 1.29 is 14.3 Å². The molecule has 3 aromatic rings. The van der Waals surface area contributed by atoms with Gasteiger partial charge in [-0.3, -0.25) is 4.79 Å². The first kappa shape index (κ1) is 18.1. The molecule has 1 amide bonds. The van der Waals surface area contributed by atoms with Gasteiger partial charge in [0.15, 0.2) is 5.82 Å². The molecule has 0 saturated carbocycles. The summed E-state index contributed by atoms with van der Waals surface area (Å²) in [6.45, 7) is 4.11. The molecule has 1 aromatic heterocycles. The number of hydrogen-bond donors (Lipinski definition) is 0. The Hall–Kier alpha value is -3.25. The number of morpholine rings is 1. The molecule has 142 valence electrons. The van der Waals surface area contributed by atoms with Crippen molar-refractivity contribution in [1.82, 2.24) is 14.9 Å². The maximum Gasteiger partial charge on any atom is 0.261 e. The van der Waals surface area contributed by atoms with E-state index in [1.165, 1.54) is 0 Å². The summed E-state index contributed by atoms with van der Waals surface area (Å²) in [6.07, 6.45) is 1.56. The summed E-state index contributed by atoms with van der Waals surface area (Å²) in [5.41, 5.74) is 2.18. The van der Waals surface area contributed by atoms with Crippen molar-refractivity contribution >= 4 is 5.91 Å². The maximum atomic E-state index is 13.1. The zero-order valence-corrected chi connectivity index (χ0v) is 15.7. The van der Waals surface area contributed by atoms with E-state index in [9.17, 15) is 4.79 Å². The first-order valence-electron chi connectivity index (χ1n) is 9.25. The first-order valence-corrected chi connectivity index (χ1v) is 9.25. The number of aromatic nitrogens is 2. The van der Waals surface area contributed by atoms with E-state index in [1.807, 2.05) is 61.5 Å². The molecule has 28 heavy (non-hydrogen) atoms. The number of aryl methyl sites for hydroxylation is 1. The first-order chi connectivity index (χ1) is 13.7. The van der Waals surface area contributed by atoms with Crippen LogP contribution in [0, 0.1) is 6.92 Å². The van der Waals surface area contributed by atoms with Crippen molar-refractivity contribution in [1.29, 1.82) is 0 Å². The fraction of sp³-hybridized carbons (Fsp3) is 0.227. The fourth-order valence-corrected chi connectivity index (χ4v) is 3.03. The fourth-order valence-electron chi connectivity index (χ4n) is 3.03. The van der Waals surface area contributed by atoms with E-state index in [-0.39, 0.29) is 11.8 Å². The van der Waals surface area contributed by atoms with Gasteiger partial charge in [0.1, 0.15) is 11.3 Å². The third-order valence-corrected chi connectivity index (χ3v) is 4.61. The standard InChI is InChI=1S/C22H21N3O3/c1-16-7-5-6-10-19(16)28-21-18(22(26)25-11-13-27-14-12-25)15-23-20(24-21)17-8-3-2-4-9-17/h2-10,15H,11-14H2,1H3. The number of amides is 1. The highest BCUT2D eigenvalue weighted by Gasteiger charge is 2.24. The molecular weight excluding hydrogens is 354 g/mol. The van der Waals surface area contributed by atoms with E-state index in [4.69, 9.17) is 9.47 Å². The highest BCUT2D eigenvalue weighted by atomic mass is 16.5. The molecule has 0 bridgehead atoms. The molecule has 0 N–H and O–H groups in total. The van der Waals surface area contributed by atoms with Gasteiger partial charge in [-0.2, -0.15) is 4.98 Å². The Labute approximate surface area is 163 Å². The van der Waals surface area contributed by atoms with E-state index in [0.29, 0.717) is 43.4 Å². The van der Waals surface area contributed by atoms with Gasteiger partial charge < -0.3 is 14.4 Å². The van der Waals surface area contributed by atoms with Crippen molar-refractivity contribution in [2.45, 2.75) is 6.92 Å². The SMILES string of the molecule is Cc1ccccc1Oc1nc(-c2ccccc2)ncc1C(=O)N1CCOCC1. The molecule has 0 radical (unpaired) electrons. The van der Waals surface area contributed by atoms with Gasteiger partial charge in [-0.25, -0.2) is 4.98 Å². The van der Waals surface area contributed by atoms with E-state index in [1.54, 1.807) is 11.1 Å². The van der Waals surface area contributed by atoms with Crippen molar-refractivity contribution in [2.75, 3.05) is 26.3 Å². The molecule has 0 aliphatic carbocycles. The molecule has 6 nitrogen and oxygen atoms in total. The lowest BCUT2D eigenvalue weighted by atomic mass is 10.2. The smallest absolute Gasteiger partial charge is 0.261 e. The molecule has 1 saturated heterocycles. The lowest BCUT2D eigenvalue weighted by Crippen LogP contribution is -2.40. The Bertz CT molecular complexity index is 970. The second kappa shape index (κ2) is 8.19. The Morgan fingerprint density at radius 2 is 1.75 bits per heavy atom. The van der Waals surface area contributed by atoms with Crippen molar-refractivity contribution in [2.24, 2.45) is 0 Å². The summed E-state index contributed by atoms with van der Waals surface area (Å²) >= 11 is 0. The Kier molecular flexibility index (Phi) is 5.30. The van der Waals surface area contributed by atoms with E-state index in [0.717, 1.165) is 11.1 Å². The third kappa shape index (κ3) is 3.87. The van der Waals surface area contributed by atoms with Crippen molar-refractivity contribution in [3.8, 4) is 23.0 Å². The number of carbonyl (C=O) groups is 1. The van der Waals surface area contributed by atoms with Gasteiger partial charge in [-0.05, 0) is 18.6 Å². The van der Waals surface area contributed by atoms with E-state index in [2.05, 4.69) is 9.97 Å². The molecule has 1 fully saturated rings. The Balaban J connectivity index is 1.74. The van der Waals surface area contributed by atoms with Gasteiger partial charge in [0, 0.05) is 24.8 Å². The van der Waals surface area contributed by atoms with Crippen LogP contribution in [0.5, 0.6) is 11.6 Å². The quantitative estimate of drug-likeness (QED) is 0.695. The van der Waals surface area contributed by atoms with Crippen molar-refractivity contribution in [3.63, 3.8) is 0 Å². The second-order valence-electron chi connectivity index (χ2n) is 6.55. The van der Waals surface area contributed by atoms with E-state index >= 15 is 0 Å². The predicted octanol–water partition coefficient (Wildman–Crippen LogP) is 3.72. The highest BCUT2D eigenvalue weighted by molar-refractivity contribution is 5.96. The Morgan fingerprint density at radius 1 is 1.04 bits per heavy atom. The van der Waals surface area contributed by atoms with E-state index < -0.39 is 0 Å². The highest BCUT2D eigenvalue weighted by Crippen LogP contribution is 2.29. The van der Waals surface area contributed by atoms with Crippen LogP contribution >= 0.6 is 0 Å². The van der Waals surface area contributed by atoms with Gasteiger partial charge in [0.25, 0.3) is 5.91 Å². The molecule has 1 aliphatic rings. The van der Waals surface area contributed by atoms with Crippen molar-refractivity contribution in [3.05, 3.63) is 71.9 Å². The van der Waals surface area contributed by atoms with Crippen LogP contribution in [0.15, 0.2) is 60.8 Å². The number of rotatable bonds is 4. The summed E-state index contributed by atoms with van der Waals surface area (Å²) in [5, 5.41) is 0. The zero-order chi connectivity index (χ0) is 19.3. The van der Waals surface area contributed by atoms with Crippen LogP contribution < -0.4 is 4.74 Å². The van der Waals surface area contributed by atoms with Gasteiger partial charge in [-0.1, -0.05) is 48.5 Å². The lowest BCUT2D eigenvalue weighted by Gasteiger charge is -2.27. The van der Waals surface area contributed by atoms with Gasteiger partial charge in [0.05, 0.1) is 13.2 Å². The number of hydrogen-bond acceptors (Lipinski definition) is 5. The normalized spacial score (nSPS) is 14.0. The zero-order valence-electron chi connectivity index (χ0n) is 15.7. The number of nitrogens with zero attached hydrogens (tertiary/aromatic N) is 3. The third-order valence-electron chi connectivity index (χ3n) is 4.61. The molecular formula is C22H21N3O3. The molecule has 1 aliphatic heterocycles. The molecule has 2 aromatic carbocycles. The average molecular weight is 375 g/mol. The monoisotopic (exact) mass is 375 g/mol. The summed E-state index contributed by atoms with van der Waals surface area (Å²) in [5.74, 6) is 1.30. The predicted molar refractivity (Wildman–Crippen MR) is 105 cm³/mol. The number of benzene rings is 2. The summed E-state index contributed by atoms with van der Waals surface area (Å²) in [7, 11) is 0. The minimum atomic E-state index is -0.147. The second-order valence-corrected chi connectivity index (χ2v) is 6.55. The number of ether oxygens (including phenoxy) is 2. The minimum Gasteiger partial charge on any atom is -0.438 e. The Morgan fingerprint density at radius 3 is 2.50 bits per heavy atom. The van der Waals surface area contributed by atoms with Crippen LogP contribution in [-0.4, -0.2) is 47.1 Å². The summed E-state index contributed by atoms with van der Waals surface area (Å²) in [4.78, 5) is 23.8. The summed E-state index contributed by atoms with van der Waals surface area (Å²) in [6, 6.07) is 17.3. The van der Waals surface area contributed by atoms with Crippen LogP contribution in [0.1, 0.15) is 15.9 Å². The number of carbonyl (C=O) groups excluding carboxylic acids is 1. The lowest BCUT2D eigenvalue weighted by molar-refractivity contribution is 0.0300. The average Bonchev–Trinajstić information content (AvgIpc) is 2.76. The van der Waals surface area contributed by atoms with Crippen LogP contribution in [0.25, 0.3) is 11.4 Å². The minimum absolute atomic E-state index is 0.147. The molecule has 6 heteroatoms. The van der Waals surface area contributed by atoms with Gasteiger partial charge >= 0.3 is 0 Å². The summed E-state index contributed by atoms with van der Waals surface area (Å²) < 4.78 is 11.4. The maximum absolute atomic E-state index is 13.1. The topological polar surface area (TPSA) is 64.6 Å². The van der Waals surface area contributed by atoms with Crippen LogP contribution in [0.2, 0.25) is 0 Å². The molecule has 4 rings (SSSR count). The van der Waals surface area contributed by atoms with Crippen LogP contribution in [0.3, 0.4) is 0 Å². The largest absolute Gasteiger partial charge is 0.438 e. The van der Waals surface area contributed by atoms with Crippen LogP contribution in [-0.2, 0) is 4.74 Å². The molecule has 0 atom stereocenters. The van der Waals surface area contributed by atoms with Gasteiger partial charge in [-0.15, -0.1) is 0 Å². The number of para-hydroxylation sites is 1. The molecule has 0 unspecified atom stereocenters. The molecule has 0 spiro atoms. The van der Waals surface area contributed by atoms with Crippen LogP contribution in [0.4, 0.5) is 0 Å².